The fourth-order valence-corrected chi connectivity index (χ4v) is 3.93. The number of aryl methyl sites for hydroxylation is 2. The fourth-order valence-electron chi connectivity index (χ4n) is 3.93. The van der Waals surface area contributed by atoms with Gasteiger partial charge in [0.15, 0.2) is 0 Å². The third-order valence-electron chi connectivity index (χ3n) is 5.60. The first-order chi connectivity index (χ1) is 17.1. The van der Waals surface area contributed by atoms with Gasteiger partial charge < -0.3 is 14.6 Å². The molecule has 0 atom stereocenters. The van der Waals surface area contributed by atoms with E-state index in [0.29, 0.717) is 22.9 Å². The molecule has 5 rings (SSSR count). The predicted octanol–water partition coefficient (Wildman–Crippen LogP) is 6.30. The number of anilines is 1. The maximum atomic E-state index is 12.8. The van der Waals surface area contributed by atoms with Gasteiger partial charge in [0.2, 0.25) is 0 Å². The van der Waals surface area contributed by atoms with Gasteiger partial charge in [0.1, 0.15) is 17.2 Å². The normalized spacial score (nSPS) is 11.3. The molecule has 2 N–H and O–H groups in total. The largest absolute Gasteiger partial charge is 0.457 e. The van der Waals surface area contributed by atoms with E-state index in [0.717, 1.165) is 34.4 Å². The average molecular weight is 464 g/mol. The van der Waals surface area contributed by atoms with Crippen molar-refractivity contribution < 1.29 is 9.53 Å². The number of hydrogen-bond acceptors (Lipinski definition) is 4. The molecular formula is C28H25N5O2. The molecule has 3 heterocycles. The van der Waals surface area contributed by atoms with Crippen molar-refractivity contribution >= 4 is 34.6 Å². The third-order valence-corrected chi connectivity index (χ3v) is 5.60. The van der Waals surface area contributed by atoms with Crippen LogP contribution in [0.5, 0.6) is 11.5 Å². The van der Waals surface area contributed by atoms with Gasteiger partial charge in [0.25, 0.3) is 5.91 Å². The van der Waals surface area contributed by atoms with Gasteiger partial charge in [-0.3, -0.25) is 14.9 Å². The van der Waals surface area contributed by atoms with Crippen molar-refractivity contribution in [2.45, 2.75) is 20.4 Å². The van der Waals surface area contributed by atoms with Crippen LogP contribution in [0.4, 0.5) is 5.69 Å². The number of carbonyl (C=O) groups is 1. The van der Waals surface area contributed by atoms with Gasteiger partial charge in [-0.1, -0.05) is 12.1 Å². The number of H-pyrrole nitrogens is 1. The van der Waals surface area contributed by atoms with Crippen molar-refractivity contribution in [3.05, 3.63) is 102 Å². The molecule has 0 aliphatic carbocycles. The fraction of sp³-hybridized carbons (Fsp3) is 0.107. The topological polar surface area (TPSA) is 84.8 Å². The van der Waals surface area contributed by atoms with E-state index >= 15 is 0 Å². The van der Waals surface area contributed by atoms with Gasteiger partial charge in [0.05, 0.1) is 16.9 Å². The van der Waals surface area contributed by atoms with E-state index in [-0.39, 0.29) is 5.91 Å². The highest BCUT2D eigenvalue weighted by Crippen LogP contribution is 2.28. The molecule has 7 nitrogen and oxygen atoms in total. The highest BCUT2D eigenvalue weighted by Gasteiger charge is 2.13. The molecule has 0 aliphatic rings. The second-order valence-electron chi connectivity index (χ2n) is 8.18. The van der Waals surface area contributed by atoms with Crippen LogP contribution in [-0.4, -0.2) is 25.7 Å². The minimum Gasteiger partial charge on any atom is -0.457 e. The van der Waals surface area contributed by atoms with Gasteiger partial charge in [0, 0.05) is 42.1 Å². The van der Waals surface area contributed by atoms with Crippen LogP contribution >= 0.6 is 0 Å². The predicted molar refractivity (Wildman–Crippen MR) is 139 cm³/mol. The van der Waals surface area contributed by atoms with Gasteiger partial charge in [-0.15, -0.1) is 0 Å². The number of amides is 1. The first-order valence-corrected chi connectivity index (χ1v) is 11.4. The molecule has 0 spiro atoms. The van der Waals surface area contributed by atoms with Crippen LogP contribution in [0.3, 0.4) is 0 Å². The van der Waals surface area contributed by atoms with Crippen molar-refractivity contribution in [3.8, 4) is 11.5 Å². The maximum absolute atomic E-state index is 12.8. The zero-order valence-electron chi connectivity index (χ0n) is 19.5. The molecule has 0 saturated carbocycles. The van der Waals surface area contributed by atoms with E-state index in [9.17, 15) is 4.79 Å². The Labute approximate surface area is 203 Å². The first kappa shape index (κ1) is 22.2. The Hall–Kier alpha value is -4.65. The standard InChI is InChI=1S/C28H25N5O2/c1-3-33-18-19(2)15-27(33)28(34)30-21-8-6-9-22(16-21)35-23-11-12-24-25(31-32-26(24)17-23)13-10-20-7-4-5-14-29-20/h4-18H,3H2,1-2H3,(H,30,34)(H,31,32)/b13-10+. The molecule has 35 heavy (non-hydrogen) atoms. The van der Waals surface area contributed by atoms with Crippen molar-refractivity contribution in [2.24, 2.45) is 0 Å². The number of hydrogen-bond donors (Lipinski definition) is 2. The van der Waals surface area contributed by atoms with E-state index in [2.05, 4.69) is 20.5 Å². The summed E-state index contributed by atoms with van der Waals surface area (Å²) in [5, 5.41) is 11.4. The van der Waals surface area contributed by atoms with Crippen molar-refractivity contribution in [1.29, 1.82) is 0 Å². The molecule has 5 aromatic rings. The Bertz CT molecular complexity index is 1520. The molecular weight excluding hydrogens is 438 g/mol. The highest BCUT2D eigenvalue weighted by atomic mass is 16.5. The number of carbonyl (C=O) groups excluding carboxylic acids is 1. The van der Waals surface area contributed by atoms with Crippen molar-refractivity contribution in [2.75, 3.05) is 5.32 Å². The van der Waals surface area contributed by atoms with Gasteiger partial charge in [-0.2, -0.15) is 5.10 Å². The smallest absolute Gasteiger partial charge is 0.272 e. The number of rotatable bonds is 7. The molecule has 0 radical (unpaired) electrons. The second-order valence-corrected chi connectivity index (χ2v) is 8.18. The van der Waals surface area contributed by atoms with E-state index in [1.165, 1.54) is 0 Å². The van der Waals surface area contributed by atoms with E-state index in [4.69, 9.17) is 4.74 Å². The van der Waals surface area contributed by atoms with Gasteiger partial charge in [-0.05, 0) is 74.0 Å². The average Bonchev–Trinajstić information content (AvgIpc) is 3.46. The SMILES string of the molecule is CCn1cc(C)cc1C(=O)Nc1cccc(Oc2ccc3c(/C=C/c4ccccn4)n[nH]c3c2)c1. The number of fused-ring (bicyclic) bond motifs is 1. The number of nitrogens with one attached hydrogen (secondary N) is 2. The third kappa shape index (κ3) is 4.99. The summed E-state index contributed by atoms with van der Waals surface area (Å²) in [5.74, 6) is 1.14. The monoisotopic (exact) mass is 463 g/mol. The molecule has 0 fully saturated rings. The van der Waals surface area contributed by atoms with Crippen LogP contribution < -0.4 is 10.1 Å². The molecule has 0 unspecified atom stereocenters. The quantitative estimate of drug-likeness (QED) is 0.296. The molecule has 174 valence electrons. The van der Waals surface area contributed by atoms with Crippen LogP contribution in [0.1, 0.15) is 34.4 Å². The van der Waals surface area contributed by atoms with Crippen molar-refractivity contribution in [1.82, 2.24) is 19.7 Å². The minimum atomic E-state index is -0.151. The van der Waals surface area contributed by atoms with Crippen LogP contribution in [-0.2, 0) is 6.54 Å². The molecule has 3 aromatic heterocycles. The van der Waals surface area contributed by atoms with E-state index in [1.807, 2.05) is 103 Å². The molecule has 0 aliphatic heterocycles. The van der Waals surface area contributed by atoms with E-state index < -0.39 is 0 Å². The molecule has 7 heteroatoms. The summed E-state index contributed by atoms with van der Waals surface area (Å²) in [6.45, 7) is 4.73. The zero-order valence-corrected chi connectivity index (χ0v) is 19.5. The summed E-state index contributed by atoms with van der Waals surface area (Å²) in [6, 6.07) is 20.8. The lowest BCUT2D eigenvalue weighted by molar-refractivity contribution is 0.101. The highest BCUT2D eigenvalue weighted by molar-refractivity contribution is 6.03. The van der Waals surface area contributed by atoms with Crippen LogP contribution in [0.2, 0.25) is 0 Å². The first-order valence-electron chi connectivity index (χ1n) is 11.4. The van der Waals surface area contributed by atoms with Crippen LogP contribution in [0, 0.1) is 6.92 Å². The van der Waals surface area contributed by atoms with Gasteiger partial charge in [-0.25, -0.2) is 0 Å². The minimum absolute atomic E-state index is 0.151. The lowest BCUT2D eigenvalue weighted by Crippen LogP contribution is -2.16. The van der Waals surface area contributed by atoms with Gasteiger partial charge >= 0.3 is 0 Å². The maximum Gasteiger partial charge on any atom is 0.272 e. The molecule has 0 bridgehead atoms. The Balaban J connectivity index is 1.31. The molecule has 0 saturated heterocycles. The number of aromatic nitrogens is 4. The Morgan fingerprint density at radius 3 is 2.77 bits per heavy atom. The summed E-state index contributed by atoms with van der Waals surface area (Å²) < 4.78 is 8.00. The zero-order chi connectivity index (χ0) is 24.2. The Kier molecular flexibility index (Phi) is 6.13. The van der Waals surface area contributed by atoms with Crippen LogP contribution in [0.25, 0.3) is 23.1 Å². The summed E-state index contributed by atoms with van der Waals surface area (Å²) >= 11 is 0. The number of nitrogens with zero attached hydrogens (tertiary/aromatic N) is 3. The summed E-state index contributed by atoms with van der Waals surface area (Å²) in [4.78, 5) is 17.1. The Morgan fingerprint density at radius 1 is 1.06 bits per heavy atom. The number of benzene rings is 2. The molecule has 2 aromatic carbocycles. The lowest BCUT2D eigenvalue weighted by Gasteiger charge is -2.10. The number of pyridine rings is 1. The summed E-state index contributed by atoms with van der Waals surface area (Å²) in [5.41, 5.74) is 4.91. The second kappa shape index (κ2) is 9.69. The Morgan fingerprint density at radius 2 is 1.94 bits per heavy atom. The summed E-state index contributed by atoms with van der Waals surface area (Å²) in [6.07, 6.45) is 7.60. The lowest BCUT2D eigenvalue weighted by atomic mass is 10.2. The van der Waals surface area contributed by atoms with Crippen molar-refractivity contribution in [3.63, 3.8) is 0 Å². The number of ether oxygens (including phenoxy) is 1. The number of aromatic amines is 1. The summed E-state index contributed by atoms with van der Waals surface area (Å²) in [7, 11) is 0. The molecule has 1 amide bonds. The van der Waals surface area contributed by atoms with Crippen LogP contribution in [0.15, 0.2) is 79.1 Å². The van der Waals surface area contributed by atoms with E-state index in [1.54, 1.807) is 6.20 Å².